The molecule has 0 saturated heterocycles. The van der Waals surface area contributed by atoms with Crippen molar-refractivity contribution in [3.8, 4) is 0 Å². The summed E-state index contributed by atoms with van der Waals surface area (Å²) in [4.78, 5) is 4.40. The number of hydrogen-bond acceptors (Lipinski definition) is 2. The Labute approximate surface area is 137 Å². The lowest BCUT2D eigenvalue weighted by Crippen LogP contribution is -2.02. The highest BCUT2D eigenvalue weighted by Gasteiger charge is 2.10. The van der Waals surface area contributed by atoms with Crippen molar-refractivity contribution in [1.82, 2.24) is 4.98 Å². The number of nitrogens with zero attached hydrogens (tertiary/aromatic N) is 1. The molecule has 3 aromatic rings. The van der Waals surface area contributed by atoms with Gasteiger partial charge in [-0.1, -0.05) is 53.0 Å². The minimum absolute atomic E-state index is 0.477. The summed E-state index contributed by atoms with van der Waals surface area (Å²) in [5, 5.41) is 5.96. The largest absolute Gasteiger partial charge is 0.379 e. The molecule has 2 aromatic carbocycles. The van der Waals surface area contributed by atoms with Crippen molar-refractivity contribution in [2.24, 2.45) is 0 Å². The van der Waals surface area contributed by atoms with Crippen molar-refractivity contribution in [2.45, 2.75) is 6.54 Å². The molecule has 0 unspecified atom stereocenters. The van der Waals surface area contributed by atoms with Gasteiger partial charge >= 0.3 is 0 Å². The predicted octanol–water partition coefficient (Wildman–Crippen LogP) is 5.81. The van der Waals surface area contributed by atoms with Gasteiger partial charge in [-0.05, 0) is 24.3 Å². The fourth-order valence-electron chi connectivity index (χ4n) is 2.16. The van der Waals surface area contributed by atoms with Crippen molar-refractivity contribution < 1.29 is 0 Å². The summed E-state index contributed by atoms with van der Waals surface area (Å²) in [6, 6.07) is 13.3. The lowest BCUT2D eigenvalue weighted by Gasteiger charge is -2.12. The number of anilines is 1. The predicted molar refractivity (Wildman–Crippen MR) is 90.5 cm³/mol. The van der Waals surface area contributed by atoms with Crippen LogP contribution in [-0.2, 0) is 6.54 Å². The van der Waals surface area contributed by atoms with E-state index in [9.17, 15) is 0 Å². The average Bonchev–Trinajstić information content (AvgIpc) is 2.51. The molecule has 0 radical (unpaired) electrons. The number of halogens is 3. The minimum Gasteiger partial charge on any atom is -0.379 e. The monoisotopic (exact) mass is 336 g/mol. The fraction of sp³-hybridized carbons (Fsp3) is 0.0625. The number of benzene rings is 2. The fourth-order valence-corrected chi connectivity index (χ4v) is 2.84. The molecular formula is C16H11Cl3N2. The molecule has 5 heteroatoms. The first-order valence-corrected chi connectivity index (χ1v) is 7.50. The number of aromatic nitrogens is 1. The van der Waals surface area contributed by atoms with Crippen molar-refractivity contribution >= 4 is 51.4 Å². The van der Waals surface area contributed by atoms with E-state index in [0.717, 1.165) is 22.2 Å². The van der Waals surface area contributed by atoms with E-state index in [4.69, 9.17) is 34.8 Å². The first-order chi connectivity index (χ1) is 10.2. The SMILES string of the molecule is Clc1ccc(Cl)c(CNc2cccc3cccnc23)c1Cl. The van der Waals surface area contributed by atoms with Crippen LogP contribution in [0.25, 0.3) is 10.9 Å². The van der Waals surface area contributed by atoms with Gasteiger partial charge in [0.1, 0.15) is 0 Å². The van der Waals surface area contributed by atoms with Crippen LogP contribution in [0.15, 0.2) is 48.7 Å². The second-order valence-electron chi connectivity index (χ2n) is 4.56. The molecular weight excluding hydrogens is 327 g/mol. The molecule has 21 heavy (non-hydrogen) atoms. The van der Waals surface area contributed by atoms with Crippen LogP contribution in [0.4, 0.5) is 5.69 Å². The first-order valence-electron chi connectivity index (χ1n) is 6.37. The standard InChI is InChI=1S/C16H11Cl3N2/c17-12-6-7-13(18)15(19)11(12)9-21-14-5-1-3-10-4-2-8-20-16(10)14/h1-8,21H,9H2. The molecule has 0 spiro atoms. The third-order valence-corrected chi connectivity index (χ3v) is 4.42. The zero-order valence-corrected chi connectivity index (χ0v) is 13.2. The lowest BCUT2D eigenvalue weighted by molar-refractivity contribution is 1.15. The third-order valence-electron chi connectivity index (χ3n) is 3.23. The van der Waals surface area contributed by atoms with Crippen molar-refractivity contribution in [2.75, 3.05) is 5.32 Å². The molecule has 1 heterocycles. The second kappa shape index (κ2) is 6.10. The van der Waals surface area contributed by atoms with E-state index in [-0.39, 0.29) is 0 Å². The Balaban J connectivity index is 1.93. The van der Waals surface area contributed by atoms with Gasteiger partial charge in [0, 0.05) is 28.7 Å². The minimum atomic E-state index is 0.477. The Morgan fingerprint density at radius 3 is 2.52 bits per heavy atom. The molecule has 0 atom stereocenters. The number of rotatable bonds is 3. The van der Waals surface area contributed by atoms with Gasteiger partial charge in [-0.3, -0.25) is 4.98 Å². The van der Waals surface area contributed by atoms with Gasteiger partial charge in [0.2, 0.25) is 0 Å². The number of hydrogen-bond donors (Lipinski definition) is 1. The normalized spacial score (nSPS) is 10.8. The summed E-state index contributed by atoms with van der Waals surface area (Å²) in [6.07, 6.45) is 1.77. The van der Waals surface area contributed by atoms with Crippen LogP contribution < -0.4 is 5.32 Å². The van der Waals surface area contributed by atoms with Crippen LogP contribution in [0.2, 0.25) is 15.1 Å². The molecule has 0 aliphatic heterocycles. The molecule has 1 aromatic heterocycles. The quantitative estimate of drug-likeness (QED) is 0.610. The van der Waals surface area contributed by atoms with Crippen molar-refractivity contribution in [3.63, 3.8) is 0 Å². The maximum Gasteiger partial charge on any atom is 0.0933 e. The van der Waals surface area contributed by atoms with Gasteiger partial charge in [0.15, 0.2) is 0 Å². The molecule has 0 aliphatic rings. The van der Waals surface area contributed by atoms with E-state index in [1.165, 1.54) is 0 Å². The Hall–Kier alpha value is -1.48. The van der Waals surface area contributed by atoms with Crippen LogP contribution in [-0.4, -0.2) is 4.98 Å². The van der Waals surface area contributed by atoms with E-state index in [1.54, 1.807) is 18.3 Å². The van der Waals surface area contributed by atoms with Crippen LogP contribution in [0.1, 0.15) is 5.56 Å². The second-order valence-corrected chi connectivity index (χ2v) is 5.75. The zero-order chi connectivity index (χ0) is 14.8. The van der Waals surface area contributed by atoms with Gasteiger partial charge in [-0.15, -0.1) is 0 Å². The van der Waals surface area contributed by atoms with Gasteiger partial charge in [0.05, 0.1) is 21.2 Å². The van der Waals surface area contributed by atoms with Crippen LogP contribution in [0.3, 0.4) is 0 Å². The summed E-state index contributed by atoms with van der Waals surface area (Å²) < 4.78 is 0. The molecule has 0 bridgehead atoms. The maximum absolute atomic E-state index is 6.21. The smallest absolute Gasteiger partial charge is 0.0933 e. The zero-order valence-electron chi connectivity index (χ0n) is 10.9. The number of pyridine rings is 1. The van der Waals surface area contributed by atoms with Crippen LogP contribution in [0.5, 0.6) is 0 Å². The molecule has 1 N–H and O–H groups in total. The third kappa shape index (κ3) is 2.93. The maximum atomic E-state index is 6.21. The highest BCUT2D eigenvalue weighted by molar-refractivity contribution is 6.44. The molecule has 106 valence electrons. The van der Waals surface area contributed by atoms with Crippen LogP contribution in [0, 0.1) is 0 Å². The Bertz CT molecular complexity index is 797. The summed E-state index contributed by atoms with van der Waals surface area (Å²) in [5.41, 5.74) is 2.62. The topological polar surface area (TPSA) is 24.9 Å². The summed E-state index contributed by atoms with van der Waals surface area (Å²) in [6.45, 7) is 0.480. The lowest BCUT2D eigenvalue weighted by atomic mass is 10.1. The molecule has 0 aliphatic carbocycles. The van der Waals surface area contributed by atoms with Crippen LogP contribution >= 0.6 is 34.8 Å². The van der Waals surface area contributed by atoms with E-state index in [2.05, 4.69) is 10.3 Å². The molecule has 3 rings (SSSR count). The summed E-state index contributed by atoms with van der Waals surface area (Å²) in [7, 11) is 0. The van der Waals surface area contributed by atoms with Gasteiger partial charge in [-0.2, -0.15) is 0 Å². The highest BCUT2D eigenvalue weighted by atomic mass is 35.5. The van der Waals surface area contributed by atoms with E-state index < -0.39 is 0 Å². The Morgan fingerprint density at radius 1 is 0.905 bits per heavy atom. The molecule has 0 fully saturated rings. The molecule has 0 amide bonds. The first kappa shape index (κ1) is 14.5. The molecule has 0 saturated carbocycles. The van der Waals surface area contributed by atoms with Gasteiger partial charge in [-0.25, -0.2) is 0 Å². The van der Waals surface area contributed by atoms with Gasteiger partial charge in [0.25, 0.3) is 0 Å². The average molecular weight is 338 g/mol. The highest BCUT2D eigenvalue weighted by Crippen LogP contribution is 2.32. The Morgan fingerprint density at radius 2 is 1.67 bits per heavy atom. The Kier molecular flexibility index (Phi) is 4.20. The number of para-hydroxylation sites is 1. The summed E-state index contributed by atoms with van der Waals surface area (Å²) >= 11 is 18.4. The van der Waals surface area contributed by atoms with Crippen molar-refractivity contribution in [3.05, 3.63) is 69.3 Å². The van der Waals surface area contributed by atoms with E-state index in [0.29, 0.717) is 21.6 Å². The van der Waals surface area contributed by atoms with Crippen molar-refractivity contribution in [1.29, 1.82) is 0 Å². The van der Waals surface area contributed by atoms with Gasteiger partial charge < -0.3 is 5.32 Å². The molecule has 2 nitrogen and oxygen atoms in total. The summed E-state index contributed by atoms with van der Waals surface area (Å²) in [5.74, 6) is 0. The van der Waals surface area contributed by atoms with E-state index in [1.807, 2.05) is 30.3 Å². The number of fused-ring (bicyclic) bond motifs is 1. The number of nitrogens with one attached hydrogen (secondary N) is 1. The van der Waals surface area contributed by atoms with E-state index >= 15 is 0 Å².